The van der Waals surface area contributed by atoms with Gasteiger partial charge in [0.25, 0.3) is 0 Å². The molecule has 0 radical (unpaired) electrons. The number of hydrogen-bond acceptors (Lipinski definition) is 3. The van der Waals surface area contributed by atoms with Crippen molar-refractivity contribution in [1.29, 1.82) is 0 Å². The molecule has 25 heavy (non-hydrogen) atoms. The maximum atomic E-state index is 12.4. The van der Waals surface area contributed by atoms with Crippen LogP contribution >= 0.6 is 0 Å². The first kappa shape index (κ1) is 17.0. The molecule has 3 heterocycles. The van der Waals surface area contributed by atoms with E-state index in [0.29, 0.717) is 12.1 Å². The monoisotopic (exact) mass is 345 g/mol. The Hall–Kier alpha value is -1.49. The molecule has 0 aromatic carbocycles. The normalized spacial score (nSPS) is 28.4. The number of carbonyl (C=O) groups is 1. The number of aromatic nitrogens is 1. The third-order valence-electron chi connectivity index (χ3n) is 6.09. The number of hydrogen-bond donors (Lipinski definition) is 1. The van der Waals surface area contributed by atoms with Gasteiger partial charge in [0.15, 0.2) is 0 Å². The number of likely N-dealkylation sites (tertiary alicyclic amines) is 1. The zero-order chi connectivity index (χ0) is 17.7. The molecule has 1 aliphatic carbocycles. The van der Waals surface area contributed by atoms with Gasteiger partial charge in [-0.1, -0.05) is 12.8 Å². The molecule has 2 unspecified atom stereocenters. The van der Waals surface area contributed by atoms with Crippen LogP contribution < -0.4 is 5.32 Å². The number of nitrogens with one attached hydrogen (secondary N) is 1. The van der Waals surface area contributed by atoms with Crippen LogP contribution in [0.5, 0.6) is 0 Å². The highest BCUT2D eigenvalue weighted by Crippen LogP contribution is 2.43. The van der Waals surface area contributed by atoms with E-state index in [2.05, 4.69) is 28.2 Å². The molecule has 1 N–H and O–H groups in total. The van der Waals surface area contributed by atoms with Crippen LogP contribution in [0.2, 0.25) is 0 Å². The summed E-state index contributed by atoms with van der Waals surface area (Å²) in [6.07, 6.45) is 9.20. The molecule has 2 fully saturated rings. The number of rotatable bonds is 0. The first-order valence-corrected chi connectivity index (χ1v) is 9.81. The third-order valence-corrected chi connectivity index (χ3v) is 6.09. The molecule has 2 aliphatic heterocycles. The van der Waals surface area contributed by atoms with Crippen molar-refractivity contribution in [1.82, 2.24) is 14.8 Å². The van der Waals surface area contributed by atoms with Crippen LogP contribution in [0.25, 0.3) is 0 Å². The smallest absolute Gasteiger partial charge is 0.410 e. The van der Waals surface area contributed by atoms with Crippen molar-refractivity contribution in [2.45, 2.75) is 82.5 Å². The van der Waals surface area contributed by atoms with E-state index in [0.717, 1.165) is 25.9 Å². The molecule has 1 saturated carbocycles. The number of carbonyl (C=O) groups excluding carboxylic acids is 1. The fourth-order valence-corrected chi connectivity index (χ4v) is 4.93. The summed E-state index contributed by atoms with van der Waals surface area (Å²) < 4.78 is 8.09. The largest absolute Gasteiger partial charge is 0.444 e. The minimum Gasteiger partial charge on any atom is -0.444 e. The van der Waals surface area contributed by atoms with E-state index in [1.165, 1.54) is 31.4 Å². The minimum absolute atomic E-state index is 0.0144. The molecule has 5 nitrogen and oxygen atoms in total. The van der Waals surface area contributed by atoms with Crippen molar-refractivity contribution in [2.75, 3.05) is 13.1 Å². The second-order valence-corrected chi connectivity index (χ2v) is 8.95. The molecule has 0 bridgehead atoms. The molecule has 2 atom stereocenters. The lowest BCUT2D eigenvalue weighted by molar-refractivity contribution is 0.00848. The fraction of sp³-hybridized carbons (Fsp3) is 0.750. The van der Waals surface area contributed by atoms with E-state index in [-0.39, 0.29) is 11.6 Å². The maximum Gasteiger partial charge on any atom is 0.410 e. The van der Waals surface area contributed by atoms with E-state index in [4.69, 9.17) is 4.74 Å². The number of amides is 1. The first-order valence-electron chi connectivity index (χ1n) is 9.81. The highest BCUT2D eigenvalue weighted by Gasteiger charge is 2.47. The topological polar surface area (TPSA) is 46.5 Å². The van der Waals surface area contributed by atoms with Crippen LogP contribution in [0.4, 0.5) is 4.79 Å². The summed E-state index contributed by atoms with van der Waals surface area (Å²) >= 11 is 0. The summed E-state index contributed by atoms with van der Waals surface area (Å²) in [6, 6.07) is 5.65. The molecule has 1 aromatic rings. The van der Waals surface area contributed by atoms with E-state index in [9.17, 15) is 4.79 Å². The van der Waals surface area contributed by atoms with Gasteiger partial charge in [-0.25, -0.2) is 4.79 Å². The van der Waals surface area contributed by atoms with Gasteiger partial charge < -0.3 is 19.5 Å². The van der Waals surface area contributed by atoms with Gasteiger partial charge in [0, 0.05) is 37.1 Å². The molecular formula is C20H31N3O2. The summed E-state index contributed by atoms with van der Waals surface area (Å²) in [7, 11) is 0. The third kappa shape index (κ3) is 3.07. The summed E-state index contributed by atoms with van der Waals surface area (Å²) in [5, 5.41) is 4.02. The van der Waals surface area contributed by atoms with Gasteiger partial charge in [-0.3, -0.25) is 0 Å². The van der Waals surface area contributed by atoms with E-state index in [1.54, 1.807) is 0 Å². The highest BCUT2D eigenvalue weighted by molar-refractivity contribution is 5.68. The van der Waals surface area contributed by atoms with Crippen molar-refractivity contribution >= 4 is 6.09 Å². The Balaban J connectivity index is 1.51. The van der Waals surface area contributed by atoms with Crippen molar-refractivity contribution in [2.24, 2.45) is 0 Å². The first-order chi connectivity index (χ1) is 11.9. The Kier molecular flexibility index (Phi) is 4.10. The van der Waals surface area contributed by atoms with Gasteiger partial charge in [0.1, 0.15) is 5.60 Å². The summed E-state index contributed by atoms with van der Waals surface area (Å²) in [4.78, 5) is 14.3. The van der Waals surface area contributed by atoms with Gasteiger partial charge in [0.05, 0.1) is 5.54 Å². The zero-order valence-corrected chi connectivity index (χ0v) is 15.8. The predicted octanol–water partition coefficient (Wildman–Crippen LogP) is 3.80. The molecule has 5 heteroatoms. The average molecular weight is 345 g/mol. The van der Waals surface area contributed by atoms with Gasteiger partial charge in [0.2, 0.25) is 0 Å². The standard InChI is InChI=1S/C20H31N3O2/c1-19(2,3)25-18(24)22-13-10-20(11-14-22)17-9-6-12-23(17)16-8-5-4-7-15(16)21-20/h6,9,12,15-16,21H,4-5,7-8,10-11,13-14H2,1-3H3. The quantitative estimate of drug-likeness (QED) is 0.778. The predicted molar refractivity (Wildman–Crippen MR) is 97.6 cm³/mol. The Morgan fingerprint density at radius 2 is 1.96 bits per heavy atom. The molecule has 1 aromatic heterocycles. The SMILES string of the molecule is CC(C)(C)OC(=O)N1CCC2(CC1)NC1CCCCC1n1cccc12. The number of fused-ring (bicyclic) bond motifs is 4. The molecule has 1 spiro atoms. The molecule has 138 valence electrons. The maximum absolute atomic E-state index is 12.4. The summed E-state index contributed by atoms with van der Waals surface area (Å²) in [6.45, 7) is 7.29. The van der Waals surface area contributed by atoms with Crippen LogP contribution in [-0.2, 0) is 10.3 Å². The fourth-order valence-electron chi connectivity index (χ4n) is 4.93. The number of piperidine rings is 1. The zero-order valence-electron chi connectivity index (χ0n) is 15.8. The molecule has 1 saturated heterocycles. The van der Waals surface area contributed by atoms with Crippen molar-refractivity contribution in [3.05, 3.63) is 24.0 Å². The molecular weight excluding hydrogens is 314 g/mol. The number of nitrogens with zero attached hydrogens (tertiary/aromatic N) is 2. The lowest BCUT2D eigenvalue weighted by Crippen LogP contribution is -2.61. The average Bonchev–Trinajstić information content (AvgIpc) is 3.05. The molecule has 1 amide bonds. The van der Waals surface area contributed by atoms with Crippen LogP contribution in [0.1, 0.15) is 71.0 Å². The van der Waals surface area contributed by atoms with E-state index in [1.807, 2.05) is 25.7 Å². The van der Waals surface area contributed by atoms with Crippen LogP contribution in [0.3, 0.4) is 0 Å². The van der Waals surface area contributed by atoms with Crippen molar-refractivity contribution in [3.8, 4) is 0 Å². The molecule has 4 rings (SSSR count). The van der Waals surface area contributed by atoms with Crippen LogP contribution in [-0.4, -0.2) is 40.3 Å². The van der Waals surface area contributed by atoms with Crippen molar-refractivity contribution < 1.29 is 9.53 Å². The van der Waals surface area contributed by atoms with Gasteiger partial charge in [-0.15, -0.1) is 0 Å². The number of ether oxygens (including phenoxy) is 1. The van der Waals surface area contributed by atoms with Crippen molar-refractivity contribution in [3.63, 3.8) is 0 Å². The molecule has 3 aliphatic rings. The second kappa shape index (κ2) is 6.04. The Morgan fingerprint density at radius 1 is 1.24 bits per heavy atom. The summed E-state index contributed by atoms with van der Waals surface area (Å²) in [5.74, 6) is 0. The van der Waals surface area contributed by atoms with Crippen LogP contribution in [0, 0.1) is 0 Å². The lowest BCUT2D eigenvalue weighted by Gasteiger charge is -2.52. The van der Waals surface area contributed by atoms with Gasteiger partial charge in [-0.05, 0) is 58.6 Å². The van der Waals surface area contributed by atoms with Gasteiger partial charge in [-0.2, -0.15) is 0 Å². The van der Waals surface area contributed by atoms with E-state index >= 15 is 0 Å². The highest BCUT2D eigenvalue weighted by atomic mass is 16.6. The van der Waals surface area contributed by atoms with Crippen LogP contribution in [0.15, 0.2) is 18.3 Å². The Bertz CT molecular complexity index is 638. The summed E-state index contributed by atoms with van der Waals surface area (Å²) in [5.41, 5.74) is 0.999. The van der Waals surface area contributed by atoms with E-state index < -0.39 is 5.60 Å². The Labute approximate surface area is 150 Å². The minimum atomic E-state index is -0.431. The second-order valence-electron chi connectivity index (χ2n) is 8.95. The van der Waals surface area contributed by atoms with Gasteiger partial charge >= 0.3 is 6.09 Å². The Morgan fingerprint density at radius 3 is 2.68 bits per heavy atom. The lowest BCUT2D eigenvalue weighted by atomic mass is 9.77.